The maximum Gasteiger partial charge on any atom is 0.165 e. The van der Waals surface area contributed by atoms with Gasteiger partial charge in [-0.25, -0.2) is 9.37 Å². The zero-order chi connectivity index (χ0) is 15.5. The highest BCUT2D eigenvalue weighted by atomic mass is 19.1. The predicted octanol–water partition coefficient (Wildman–Crippen LogP) is 2.97. The smallest absolute Gasteiger partial charge is 0.165 e. The second-order valence-corrected chi connectivity index (χ2v) is 6.04. The van der Waals surface area contributed by atoms with E-state index in [1.807, 2.05) is 16.8 Å². The first-order valence-electron chi connectivity index (χ1n) is 6.96. The number of ether oxygens (including phenoxy) is 1. The number of rotatable bonds is 5. The molecule has 0 spiro atoms. The Labute approximate surface area is 125 Å². The Morgan fingerprint density at radius 2 is 2.10 bits per heavy atom. The van der Waals surface area contributed by atoms with Gasteiger partial charge in [0.25, 0.3) is 0 Å². The third-order valence-electron chi connectivity index (χ3n) is 3.15. The normalized spacial score (nSPS) is 11.7. The number of nitrogens with zero attached hydrogens (tertiary/aromatic N) is 2. The van der Waals surface area contributed by atoms with E-state index in [0.717, 1.165) is 11.4 Å². The second kappa shape index (κ2) is 6.26. The van der Waals surface area contributed by atoms with E-state index in [9.17, 15) is 4.39 Å². The number of hydrogen-bond donors (Lipinski definition) is 1. The molecule has 1 N–H and O–H groups in total. The summed E-state index contributed by atoms with van der Waals surface area (Å²) in [5.41, 5.74) is 0.909. The highest BCUT2D eigenvalue weighted by molar-refractivity contribution is 5.29. The van der Waals surface area contributed by atoms with Gasteiger partial charge in [-0.1, -0.05) is 6.07 Å². The van der Waals surface area contributed by atoms with Gasteiger partial charge in [0.2, 0.25) is 0 Å². The van der Waals surface area contributed by atoms with E-state index in [-0.39, 0.29) is 17.1 Å². The number of methoxy groups -OCH3 is 1. The van der Waals surface area contributed by atoms with Crippen molar-refractivity contribution in [1.82, 2.24) is 14.9 Å². The minimum Gasteiger partial charge on any atom is -0.494 e. The molecule has 0 aliphatic heterocycles. The minimum atomic E-state index is -0.343. The van der Waals surface area contributed by atoms with Crippen LogP contribution in [0.15, 0.2) is 30.6 Å². The molecule has 114 valence electrons. The molecule has 0 atom stereocenters. The highest BCUT2D eigenvalue weighted by Crippen LogP contribution is 2.18. The summed E-state index contributed by atoms with van der Waals surface area (Å²) in [5.74, 6) is 0.852. The van der Waals surface area contributed by atoms with Crippen molar-refractivity contribution in [2.75, 3.05) is 7.11 Å². The Kier molecular flexibility index (Phi) is 4.63. The lowest BCUT2D eigenvalue weighted by molar-refractivity contribution is 0.386. The molecule has 2 rings (SSSR count). The molecule has 0 saturated heterocycles. The lowest BCUT2D eigenvalue weighted by Gasteiger charge is -2.20. The Bertz CT molecular complexity index is 602. The summed E-state index contributed by atoms with van der Waals surface area (Å²) in [5, 5.41) is 3.40. The van der Waals surface area contributed by atoms with Crippen LogP contribution in [0.2, 0.25) is 0 Å². The molecule has 5 heteroatoms. The number of hydrogen-bond acceptors (Lipinski definition) is 3. The van der Waals surface area contributed by atoms with E-state index in [1.54, 1.807) is 12.3 Å². The van der Waals surface area contributed by atoms with Crippen molar-refractivity contribution in [3.8, 4) is 5.75 Å². The van der Waals surface area contributed by atoms with E-state index in [4.69, 9.17) is 4.74 Å². The van der Waals surface area contributed by atoms with Crippen LogP contribution >= 0.6 is 0 Å². The number of aromatic nitrogens is 2. The molecular formula is C16H22FN3O. The fourth-order valence-corrected chi connectivity index (χ4v) is 2.00. The van der Waals surface area contributed by atoms with Gasteiger partial charge < -0.3 is 14.6 Å². The number of halogens is 1. The van der Waals surface area contributed by atoms with Gasteiger partial charge in [0.1, 0.15) is 5.82 Å². The molecule has 0 saturated carbocycles. The third-order valence-corrected chi connectivity index (χ3v) is 3.15. The van der Waals surface area contributed by atoms with E-state index in [2.05, 4.69) is 31.1 Å². The summed E-state index contributed by atoms with van der Waals surface area (Å²) in [6.45, 7) is 7.59. The van der Waals surface area contributed by atoms with Gasteiger partial charge in [0.05, 0.1) is 13.7 Å². The van der Waals surface area contributed by atoms with Crippen molar-refractivity contribution in [3.05, 3.63) is 47.8 Å². The zero-order valence-corrected chi connectivity index (χ0v) is 13.0. The molecule has 0 fully saturated rings. The average Bonchev–Trinajstić information content (AvgIpc) is 2.83. The van der Waals surface area contributed by atoms with Crippen LogP contribution < -0.4 is 10.1 Å². The zero-order valence-electron chi connectivity index (χ0n) is 13.0. The van der Waals surface area contributed by atoms with Crippen LogP contribution in [0.25, 0.3) is 0 Å². The lowest BCUT2D eigenvalue weighted by atomic mass is 10.1. The molecule has 0 bridgehead atoms. The Morgan fingerprint density at radius 3 is 2.71 bits per heavy atom. The second-order valence-electron chi connectivity index (χ2n) is 6.04. The fourth-order valence-electron chi connectivity index (χ4n) is 2.00. The molecule has 0 radical (unpaired) electrons. The molecule has 4 nitrogen and oxygen atoms in total. The van der Waals surface area contributed by atoms with Crippen molar-refractivity contribution in [3.63, 3.8) is 0 Å². The maximum absolute atomic E-state index is 13.7. The SMILES string of the molecule is COc1ccc(Cn2ccnc2CNC(C)(C)C)cc1F. The van der Waals surface area contributed by atoms with Gasteiger partial charge in [-0.2, -0.15) is 0 Å². The number of benzene rings is 1. The van der Waals surface area contributed by atoms with Gasteiger partial charge in [0, 0.05) is 24.5 Å². The summed E-state index contributed by atoms with van der Waals surface area (Å²) < 4.78 is 20.7. The molecule has 1 heterocycles. The molecule has 0 amide bonds. The van der Waals surface area contributed by atoms with E-state index < -0.39 is 0 Å². The molecular weight excluding hydrogens is 269 g/mol. The topological polar surface area (TPSA) is 39.1 Å². The first-order valence-corrected chi connectivity index (χ1v) is 6.96. The molecule has 1 aromatic carbocycles. The van der Waals surface area contributed by atoms with Crippen LogP contribution in [-0.4, -0.2) is 22.2 Å². The first kappa shape index (κ1) is 15.5. The molecule has 1 aromatic heterocycles. The van der Waals surface area contributed by atoms with Crippen LogP contribution in [0.4, 0.5) is 4.39 Å². The quantitative estimate of drug-likeness (QED) is 0.920. The monoisotopic (exact) mass is 291 g/mol. The Hall–Kier alpha value is -1.88. The van der Waals surface area contributed by atoms with Crippen LogP contribution in [-0.2, 0) is 13.1 Å². The maximum atomic E-state index is 13.7. The summed E-state index contributed by atoms with van der Waals surface area (Å²) in [4.78, 5) is 4.35. The van der Waals surface area contributed by atoms with Crippen molar-refractivity contribution in [2.45, 2.75) is 39.4 Å². The van der Waals surface area contributed by atoms with Gasteiger partial charge >= 0.3 is 0 Å². The van der Waals surface area contributed by atoms with Gasteiger partial charge in [-0.05, 0) is 38.5 Å². The lowest BCUT2D eigenvalue weighted by Crippen LogP contribution is -2.36. The van der Waals surface area contributed by atoms with E-state index >= 15 is 0 Å². The van der Waals surface area contributed by atoms with Crippen LogP contribution in [0.3, 0.4) is 0 Å². The predicted molar refractivity (Wildman–Crippen MR) is 80.9 cm³/mol. The minimum absolute atomic E-state index is 0.0308. The summed E-state index contributed by atoms with van der Waals surface area (Å²) >= 11 is 0. The van der Waals surface area contributed by atoms with E-state index in [0.29, 0.717) is 13.1 Å². The third kappa shape index (κ3) is 4.29. The Balaban J connectivity index is 2.10. The molecule has 0 aliphatic rings. The standard InChI is InChI=1S/C16H22FN3O/c1-16(2,3)19-10-15-18-7-8-20(15)11-12-5-6-14(21-4)13(17)9-12/h5-9,19H,10-11H2,1-4H3. The van der Waals surface area contributed by atoms with E-state index in [1.165, 1.54) is 13.2 Å². The van der Waals surface area contributed by atoms with Crippen molar-refractivity contribution in [2.24, 2.45) is 0 Å². The van der Waals surface area contributed by atoms with Crippen molar-refractivity contribution < 1.29 is 9.13 Å². The first-order chi connectivity index (χ1) is 9.89. The highest BCUT2D eigenvalue weighted by Gasteiger charge is 2.11. The molecule has 2 aromatic rings. The van der Waals surface area contributed by atoms with Crippen molar-refractivity contribution in [1.29, 1.82) is 0 Å². The number of nitrogens with one attached hydrogen (secondary N) is 1. The molecule has 0 aliphatic carbocycles. The van der Waals surface area contributed by atoms with Crippen LogP contribution in [0, 0.1) is 5.82 Å². The van der Waals surface area contributed by atoms with Gasteiger partial charge in [0.15, 0.2) is 11.6 Å². The number of imidazole rings is 1. The molecule has 0 unspecified atom stereocenters. The molecule has 21 heavy (non-hydrogen) atoms. The van der Waals surface area contributed by atoms with Crippen LogP contribution in [0.5, 0.6) is 5.75 Å². The Morgan fingerprint density at radius 1 is 1.33 bits per heavy atom. The van der Waals surface area contributed by atoms with Crippen LogP contribution in [0.1, 0.15) is 32.2 Å². The van der Waals surface area contributed by atoms with Crippen molar-refractivity contribution >= 4 is 0 Å². The van der Waals surface area contributed by atoms with Gasteiger partial charge in [-0.15, -0.1) is 0 Å². The summed E-state index contributed by atoms with van der Waals surface area (Å²) in [7, 11) is 1.46. The summed E-state index contributed by atoms with van der Waals surface area (Å²) in [6.07, 6.45) is 3.67. The summed E-state index contributed by atoms with van der Waals surface area (Å²) in [6, 6.07) is 5.01. The van der Waals surface area contributed by atoms with Gasteiger partial charge in [-0.3, -0.25) is 0 Å². The average molecular weight is 291 g/mol. The fraction of sp³-hybridized carbons (Fsp3) is 0.438. The largest absolute Gasteiger partial charge is 0.494 e.